The Labute approximate surface area is 254 Å². The second kappa shape index (κ2) is 13.2. The molecule has 4 aromatic rings. The van der Waals surface area contributed by atoms with Gasteiger partial charge in [0, 0.05) is 37.2 Å². The van der Waals surface area contributed by atoms with Gasteiger partial charge in [-0.15, -0.1) is 0 Å². The van der Waals surface area contributed by atoms with Gasteiger partial charge in [-0.1, -0.05) is 0 Å². The van der Waals surface area contributed by atoms with Gasteiger partial charge in [-0.3, -0.25) is 14.6 Å². The highest BCUT2D eigenvalue weighted by molar-refractivity contribution is 5.91. The molecule has 5 rings (SSSR count). The fourth-order valence-corrected chi connectivity index (χ4v) is 4.90. The molecule has 240 valence electrons. The monoisotopic (exact) mass is 628 g/mol. The Morgan fingerprint density at radius 3 is 2.38 bits per heavy atom. The number of anilines is 1. The summed E-state index contributed by atoms with van der Waals surface area (Å²) in [6.45, 7) is -0.392. The van der Waals surface area contributed by atoms with Crippen LogP contribution in [0.2, 0.25) is 0 Å². The molecular weight excluding hydrogens is 596 g/mol. The molecule has 1 aliphatic rings. The molecule has 0 unspecified atom stereocenters. The fraction of sp³-hybridized carbons (Fsp3) is 0.423. The van der Waals surface area contributed by atoms with E-state index in [0.29, 0.717) is 31.4 Å². The second-order valence-electron chi connectivity index (χ2n) is 10.3. The van der Waals surface area contributed by atoms with Crippen molar-refractivity contribution in [2.75, 3.05) is 11.4 Å². The summed E-state index contributed by atoms with van der Waals surface area (Å²) in [7, 11) is 1.77. The van der Waals surface area contributed by atoms with Crippen molar-refractivity contribution < 1.29 is 45.3 Å². The number of aliphatic hydroxyl groups is 7. The van der Waals surface area contributed by atoms with E-state index in [1.807, 2.05) is 0 Å². The maximum Gasteiger partial charge on any atom is 0.323 e. The molecule has 1 fully saturated rings. The van der Waals surface area contributed by atoms with Crippen LogP contribution in [0.25, 0.3) is 22.6 Å². The number of aromatic nitrogens is 8. The number of urea groups is 1. The summed E-state index contributed by atoms with van der Waals surface area (Å²) >= 11 is 0. The van der Waals surface area contributed by atoms with E-state index in [0.717, 1.165) is 16.4 Å². The Hall–Kier alpha value is -4.63. The van der Waals surface area contributed by atoms with Crippen LogP contribution in [0.4, 0.5) is 10.6 Å². The van der Waals surface area contributed by atoms with E-state index in [2.05, 4.69) is 35.5 Å². The van der Waals surface area contributed by atoms with Gasteiger partial charge in [0.2, 0.25) is 0 Å². The molecule has 45 heavy (non-hydrogen) atoms. The first kappa shape index (κ1) is 31.8. The van der Waals surface area contributed by atoms with Crippen molar-refractivity contribution >= 4 is 11.8 Å². The third-order valence-corrected chi connectivity index (χ3v) is 7.04. The minimum atomic E-state index is -3.32. The third kappa shape index (κ3) is 7.54. The lowest BCUT2D eigenvalue weighted by Crippen LogP contribution is -2.50. The van der Waals surface area contributed by atoms with Gasteiger partial charge in [0.05, 0.1) is 36.4 Å². The molecule has 0 bridgehead atoms. The van der Waals surface area contributed by atoms with Crippen molar-refractivity contribution in [2.24, 2.45) is 7.05 Å². The zero-order chi connectivity index (χ0) is 32.3. The van der Waals surface area contributed by atoms with Crippen LogP contribution in [0, 0.1) is 0 Å². The molecule has 1 aliphatic carbocycles. The highest BCUT2D eigenvalue weighted by Gasteiger charge is 2.34. The van der Waals surface area contributed by atoms with Crippen LogP contribution in [0.15, 0.2) is 43.2 Å². The quantitative estimate of drug-likeness (QED) is 0.0907. The maximum atomic E-state index is 13.2. The highest BCUT2D eigenvalue weighted by Crippen LogP contribution is 2.31. The Morgan fingerprint density at radius 2 is 1.80 bits per heavy atom. The van der Waals surface area contributed by atoms with Gasteiger partial charge in [0.25, 0.3) is 6.41 Å². The number of amides is 2. The number of aryl methyl sites for hydroxylation is 1. The third-order valence-electron chi connectivity index (χ3n) is 7.04. The summed E-state index contributed by atoms with van der Waals surface area (Å²) in [6, 6.07) is 0.204. The topological polar surface area (TPSA) is 270 Å². The number of carbonyl (C=O) groups is 1. The largest absolute Gasteiger partial charge is 0.460 e. The molecule has 0 saturated heterocycles. The van der Waals surface area contributed by atoms with Gasteiger partial charge in [0.1, 0.15) is 17.5 Å². The molecular formula is C26H32N10O9. The SMILES string of the molecule is Cn1cc(-c2cnc(N(C(=O)NCC(O)O)[C@H]3CC[C@H](Oc4ncc(C(O)(O)O)c(-c5ccn(C(O)O)n5)n4)CC3)cn2)cn1. The molecule has 19 heteroatoms. The Kier molecular flexibility index (Phi) is 9.29. The predicted molar refractivity (Wildman–Crippen MR) is 150 cm³/mol. The van der Waals surface area contributed by atoms with Crippen molar-refractivity contribution in [1.29, 1.82) is 0 Å². The Balaban J connectivity index is 1.31. The van der Waals surface area contributed by atoms with Crippen LogP contribution in [0.3, 0.4) is 0 Å². The van der Waals surface area contributed by atoms with Crippen molar-refractivity contribution in [3.8, 4) is 28.7 Å². The van der Waals surface area contributed by atoms with Crippen LogP contribution >= 0.6 is 0 Å². The summed E-state index contributed by atoms with van der Waals surface area (Å²) in [4.78, 5) is 31.6. The van der Waals surface area contributed by atoms with E-state index in [-0.39, 0.29) is 29.3 Å². The van der Waals surface area contributed by atoms with Gasteiger partial charge in [-0.2, -0.15) is 15.2 Å². The van der Waals surface area contributed by atoms with Crippen LogP contribution in [0.5, 0.6) is 6.01 Å². The van der Waals surface area contributed by atoms with Crippen LogP contribution in [-0.2, 0) is 13.0 Å². The van der Waals surface area contributed by atoms with E-state index in [4.69, 9.17) is 4.74 Å². The van der Waals surface area contributed by atoms with Crippen LogP contribution in [-0.4, -0.2) is 106 Å². The molecule has 0 radical (unpaired) electrons. The highest BCUT2D eigenvalue weighted by atomic mass is 16.7. The lowest BCUT2D eigenvalue weighted by atomic mass is 9.92. The van der Waals surface area contributed by atoms with Crippen LogP contribution < -0.4 is 15.0 Å². The number of ether oxygens (including phenoxy) is 1. The molecule has 0 aromatic carbocycles. The van der Waals surface area contributed by atoms with Crippen LogP contribution in [0.1, 0.15) is 37.7 Å². The standard InChI is InChI=1S/C26H32N10O9/c1-34-13-14(8-31-34)19-10-28-20(11-27-19)36(24(39)30-12-21(37)38)15-2-4-16(5-3-15)45-23-29-9-17(26(42,43)44)22(32-23)18-6-7-35(33-18)25(40)41/h6-11,13,15-16,21,25,37-38,40-44H,2-5,12H2,1H3,(H,30,39)/t15-,16-. The zero-order valence-electron chi connectivity index (χ0n) is 23.9. The average Bonchev–Trinajstić information content (AvgIpc) is 3.67. The van der Waals surface area contributed by atoms with Crippen molar-refractivity contribution in [2.45, 2.75) is 56.5 Å². The Morgan fingerprint density at radius 1 is 1.04 bits per heavy atom. The number of nitrogens with one attached hydrogen (secondary N) is 1. The first-order valence-electron chi connectivity index (χ1n) is 13.8. The van der Waals surface area contributed by atoms with Gasteiger partial charge >= 0.3 is 18.0 Å². The van der Waals surface area contributed by atoms with E-state index in [1.54, 1.807) is 24.1 Å². The number of rotatable bonds is 10. The van der Waals surface area contributed by atoms with Crippen molar-refractivity contribution in [3.05, 3.63) is 48.8 Å². The summed E-state index contributed by atoms with van der Waals surface area (Å²) < 4.78 is 8.36. The normalized spacial score (nSPS) is 17.1. The van der Waals surface area contributed by atoms with Crippen molar-refractivity contribution in [1.82, 2.24) is 44.8 Å². The Bertz CT molecular complexity index is 1600. The lowest BCUT2D eigenvalue weighted by molar-refractivity contribution is -0.323. The first-order chi connectivity index (χ1) is 21.4. The smallest absolute Gasteiger partial charge is 0.323 e. The van der Waals surface area contributed by atoms with Crippen molar-refractivity contribution in [3.63, 3.8) is 0 Å². The number of aliphatic hydroxyl groups excluding tert-OH is 2. The molecule has 0 atom stereocenters. The zero-order valence-corrected chi connectivity index (χ0v) is 23.9. The molecule has 4 aromatic heterocycles. The lowest BCUT2D eigenvalue weighted by Gasteiger charge is -2.36. The predicted octanol–water partition coefficient (Wildman–Crippen LogP) is -1.72. The minimum absolute atomic E-state index is 0.0270. The minimum Gasteiger partial charge on any atom is -0.460 e. The summed E-state index contributed by atoms with van der Waals surface area (Å²) in [6.07, 6.45) is 6.20. The van der Waals surface area contributed by atoms with E-state index in [1.165, 1.54) is 29.6 Å². The fourth-order valence-electron chi connectivity index (χ4n) is 4.90. The second-order valence-corrected chi connectivity index (χ2v) is 10.3. The molecule has 19 nitrogen and oxygen atoms in total. The number of hydrogen-bond acceptors (Lipinski definition) is 15. The van der Waals surface area contributed by atoms with Gasteiger partial charge in [-0.25, -0.2) is 19.4 Å². The summed E-state index contributed by atoms with van der Waals surface area (Å²) in [5.74, 6) is -3.06. The van der Waals surface area contributed by atoms with E-state index in [9.17, 15) is 40.5 Å². The number of nitrogens with zero attached hydrogens (tertiary/aromatic N) is 9. The van der Waals surface area contributed by atoms with Gasteiger partial charge < -0.3 is 45.8 Å². The molecule has 4 heterocycles. The van der Waals surface area contributed by atoms with Gasteiger partial charge in [-0.05, 0) is 31.7 Å². The number of hydrogen-bond donors (Lipinski definition) is 8. The summed E-state index contributed by atoms with van der Waals surface area (Å²) in [5, 5.41) is 77.2. The average molecular weight is 629 g/mol. The molecule has 0 aliphatic heterocycles. The number of carbonyl (C=O) groups excluding carboxylic acids is 1. The van der Waals surface area contributed by atoms with E-state index < -0.39 is 42.9 Å². The van der Waals surface area contributed by atoms with Gasteiger partial charge in [0.15, 0.2) is 12.1 Å². The molecule has 1 saturated carbocycles. The molecule has 0 spiro atoms. The summed E-state index contributed by atoms with van der Waals surface area (Å²) in [5.41, 5.74) is 0.542. The molecule has 8 N–H and O–H groups in total. The van der Waals surface area contributed by atoms with E-state index >= 15 is 0 Å². The molecule has 2 amide bonds. The maximum absolute atomic E-state index is 13.2. The first-order valence-corrected chi connectivity index (χ1v) is 13.8.